The summed E-state index contributed by atoms with van der Waals surface area (Å²) in [6, 6.07) is 6.70. The molecule has 0 unspecified atom stereocenters. The van der Waals surface area contributed by atoms with Crippen LogP contribution in [0.15, 0.2) is 47.2 Å². The SMILES string of the molecule is Cc1cc(CN(C)C(=O)c2c(-c3ccc(Cl)cc3F)c(C)c(C(F)(F)F)n2Cc2ncccn2)no1. The lowest BCUT2D eigenvalue weighted by Gasteiger charge is -2.20. The summed E-state index contributed by atoms with van der Waals surface area (Å²) in [5.74, 6) is -1.09. The van der Waals surface area contributed by atoms with Crippen LogP contribution >= 0.6 is 11.6 Å². The molecule has 0 aliphatic carbocycles. The highest BCUT2D eigenvalue weighted by Gasteiger charge is 2.42. The van der Waals surface area contributed by atoms with Crippen molar-refractivity contribution in [2.75, 3.05) is 7.05 Å². The molecule has 4 aromatic rings. The normalized spacial score (nSPS) is 11.7. The van der Waals surface area contributed by atoms with Crippen molar-refractivity contribution in [3.63, 3.8) is 0 Å². The molecule has 0 aliphatic heterocycles. The van der Waals surface area contributed by atoms with E-state index in [9.17, 15) is 18.0 Å². The molecule has 12 heteroatoms. The van der Waals surface area contributed by atoms with E-state index < -0.39 is 30.1 Å². The van der Waals surface area contributed by atoms with Crippen molar-refractivity contribution >= 4 is 17.5 Å². The van der Waals surface area contributed by atoms with E-state index in [4.69, 9.17) is 16.1 Å². The molecule has 0 spiro atoms. The van der Waals surface area contributed by atoms with Crippen molar-refractivity contribution in [2.24, 2.45) is 0 Å². The molecular formula is C24H20ClF4N5O2. The van der Waals surface area contributed by atoms with Gasteiger partial charge in [-0.25, -0.2) is 14.4 Å². The predicted octanol–water partition coefficient (Wildman–Crippen LogP) is 5.68. The fourth-order valence-corrected chi connectivity index (χ4v) is 4.21. The smallest absolute Gasteiger partial charge is 0.361 e. The summed E-state index contributed by atoms with van der Waals surface area (Å²) >= 11 is 5.87. The Morgan fingerprint density at radius 2 is 1.86 bits per heavy atom. The van der Waals surface area contributed by atoms with E-state index in [1.54, 1.807) is 13.0 Å². The van der Waals surface area contributed by atoms with Crippen LogP contribution in [0.1, 0.15) is 39.0 Å². The van der Waals surface area contributed by atoms with Gasteiger partial charge in [0.2, 0.25) is 0 Å². The number of carbonyl (C=O) groups is 1. The highest BCUT2D eigenvalue weighted by molar-refractivity contribution is 6.30. The van der Waals surface area contributed by atoms with Crippen LogP contribution in [0.5, 0.6) is 0 Å². The first-order valence-corrected chi connectivity index (χ1v) is 11.0. The zero-order chi connectivity index (χ0) is 26.2. The van der Waals surface area contributed by atoms with Gasteiger partial charge in [0.15, 0.2) is 0 Å². The molecule has 3 heterocycles. The van der Waals surface area contributed by atoms with Gasteiger partial charge >= 0.3 is 6.18 Å². The van der Waals surface area contributed by atoms with E-state index in [-0.39, 0.29) is 39.8 Å². The van der Waals surface area contributed by atoms with E-state index in [0.717, 1.165) is 10.6 Å². The summed E-state index contributed by atoms with van der Waals surface area (Å²) in [5.41, 5.74) is -1.76. The van der Waals surface area contributed by atoms with Crippen molar-refractivity contribution in [3.8, 4) is 11.1 Å². The third-order valence-electron chi connectivity index (χ3n) is 5.52. The molecule has 7 nitrogen and oxygen atoms in total. The zero-order valence-corrected chi connectivity index (χ0v) is 20.2. The van der Waals surface area contributed by atoms with Crippen molar-refractivity contribution < 1.29 is 26.9 Å². The molecular weight excluding hydrogens is 502 g/mol. The minimum Gasteiger partial charge on any atom is -0.361 e. The van der Waals surface area contributed by atoms with Gasteiger partial charge in [-0.1, -0.05) is 16.8 Å². The predicted molar refractivity (Wildman–Crippen MR) is 123 cm³/mol. The molecule has 1 aromatic carbocycles. The number of amides is 1. The Bertz CT molecular complexity index is 1420. The Labute approximate surface area is 208 Å². The van der Waals surface area contributed by atoms with Gasteiger partial charge in [0, 0.05) is 41.7 Å². The Balaban J connectivity index is 1.96. The molecule has 0 fully saturated rings. The highest BCUT2D eigenvalue weighted by Crippen LogP contribution is 2.42. The molecule has 0 atom stereocenters. The second-order valence-corrected chi connectivity index (χ2v) is 8.60. The second-order valence-electron chi connectivity index (χ2n) is 8.16. The molecule has 0 bridgehead atoms. The Morgan fingerprint density at radius 3 is 2.44 bits per heavy atom. The number of nitrogens with zero attached hydrogens (tertiary/aromatic N) is 5. The van der Waals surface area contributed by atoms with Gasteiger partial charge in [-0.2, -0.15) is 13.2 Å². The van der Waals surface area contributed by atoms with Gasteiger partial charge in [0.25, 0.3) is 5.91 Å². The van der Waals surface area contributed by atoms with Gasteiger partial charge in [0.1, 0.15) is 34.5 Å². The number of alkyl halides is 3. The summed E-state index contributed by atoms with van der Waals surface area (Å²) in [4.78, 5) is 22.9. The number of benzene rings is 1. The summed E-state index contributed by atoms with van der Waals surface area (Å²) in [7, 11) is 1.41. The summed E-state index contributed by atoms with van der Waals surface area (Å²) in [6.45, 7) is 2.35. The maximum absolute atomic E-state index is 15.0. The molecule has 0 saturated heterocycles. The van der Waals surface area contributed by atoms with Gasteiger partial charge < -0.3 is 14.0 Å². The Morgan fingerprint density at radius 1 is 1.17 bits per heavy atom. The lowest BCUT2D eigenvalue weighted by atomic mass is 9.99. The van der Waals surface area contributed by atoms with Crippen LogP contribution in [-0.4, -0.2) is 37.5 Å². The van der Waals surface area contributed by atoms with Crippen LogP contribution in [0, 0.1) is 19.7 Å². The quantitative estimate of drug-likeness (QED) is 0.305. The largest absolute Gasteiger partial charge is 0.431 e. The molecule has 0 radical (unpaired) electrons. The Kier molecular flexibility index (Phi) is 6.85. The minimum absolute atomic E-state index is 0.0463. The third kappa shape index (κ3) is 4.97. The van der Waals surface area contributed by atoms with Gasteiger partial charge in [0.05, 0.1) is 13.1 Å². The third-order valence-corrected chi connectivity index (χ3v) is 5.75. The number of hydrogen-bond acceptors (Lipinski definition) is 5. The van der Waals surface area contributed by atoms with Crippen molar-refractivity contribution in [1.82, 2.24) is 24.6 Å². The van der Waals surface area contributed by atoms with E-state index in [1.807, 2.05) is 0 Å². The molecule has 0 saturated carbocycles. The average Bonchev–Trinajstić information content (AvgIpc) is 3.33. The van der Waals surface area contributed by atoms with E-state index in [2.05, 4.69) is 15.1 Å². The number of carbonyl (C=O) groups excluding carboxylic acids is 1. The monoisotopic (exact) mass is 521 g/mol. The molecule has 1 amide bonds. The van der Waals surface area contributed by atoms with Crippen LogP contribution in [0.4, 0.5) is 17.6 Å². The van der Waals surface area contributed by atoms with Gasteiger partial charge in [-0.15, -0.1) is 0 Å². The van der Waals surface area contributed by atoms with Crippen LogP contribution in [0.2, 0.25) is 5.02 Å². The second kappa shape index (κ2) is 9.73. The number of halogens is 5. The number of rotatable bonds is 6. The maximum atomic E-state index is 15.0. The van der Waals surface area contributed by atoms with E-state index in [0.29, 0.717) is 11.5 Å². The van der Waals surface area contributed by atoms with Crippen LogP contribution in [0.3, 0.4) is 0 Å². The number of aromatic nitrogens is 4. The molecule has 0 aliphatic rings. The lowest BCUT2D eigenvalue weighted by molar-refractivity contribution is -0.143. The molecule has 0 N–H and O–H groups in total. The van der Waals surface area contributed by atoms with Gasteiger partial charge in [-0.3, -0.25) is 4.79 Å². The van der Waals surface area contributed by atoms with Crippen molar-refractivity contribution in [2.45, 2.75) is 33.1 Å². The van der Waals surface area contributed by atoms with Crippen LogP contribution in [-0.2, 0) is 19.3 Å². The standard InChI is InChI=1S/C24H20ClF4N5O2/c1-13-9-16(32-36-13)11-33(3)23(35)21-20(17-6-5-15(25)10-18(17)26)14(2)22(24(27,28)29)34(21)12-19-30-7-4-8-31-19/h4-10H,11-12H2,1-3H3. The average molecular weight is 522 g/mol. The number of hydrogen-bond donors (Lipinski definition) is 0. The fourth-order valence-electron chi connectivity index (χ4n) is 4.05. The van der Waals surface area contributed by atoms with Crippen LogP contribution in [0.25, 0.3) is 11.1 Å². The van der Waals surface area contributed by atoms with E-state index >= 15 is 4.39 Å². The topological polar surface area (TPSA) is 77.1 Å². The van der Waals surface area contributed by atoms with Crippen molar-refractivity contribution in [1.29, 1.82) is 0 Å². The van der Waals surface area contributed by atoms with Gasteiger partial charge in [-0.05, 0) is 43.7 Å². The highest BCUT2D eigenvalue weighted by atomic mass is 35.5. The zero-order valence-electron chi connectivity index (χ0n) is 19.4. The molecule has 188 valence electrons. The van der Waals surface area contributed by atoms with Crippen molar-refractivity contribution in [3.05, 3.63) is 87.8 Å². The lowest BCUT2D eigenvalue weighted by Crippen LogP contribution is -2.30. The maximum Gasteiger partial charge on any atom is 0.431 e. The first-order valence-electron chi connectivity index (χ1n) is 10.7. The molecule has 3 aromatic heterocycles. The summed E-state index contributed by atoms with van der Waals surface area (Å²) in [5, 5.41) is 3.90. The summed E-state index contributed by atoms with van der Waals surface area (Å²) < 4.78 is 64.0. The first kappa shape index (κ1) is 25.4. The molecule has 4 rings (SSSR count). The van der Waals surface area contributed by atoms with Crippen LogP contribution < -0.4 is 0 Å². The number of aryl methyl sites for hydroxylation is 1. The first-order chi connectivity index (χ1) is 17.0. The van der Waals surface area contributed by atoms with E-state index in [1.165, 1.54) is 49.5 Å². The minimum atomic E-state index is -4.86. The summed E-state index contributed by atoms with van der Waals surface area (Å²) in [6.07, 6.45) is -2.10. The molecule has 36 heavy (non-hydrogen) atoms. The Hall–Kier alpha value is -3.73. The fraction of sp³-hybridized carbons (Fsp3) is 0.250.